The summed E-state index contributed by atoms with van der Waals surface area (Å²) in [6.07, 6.45) is 0.851. The molecule has 0 amide bonds. The summed E-state index contributed by atoms with van der Waals surface area (Å²) in [5.74, 6) is 0.640. The maximum Gasteiger partial charge on any atom is 0.191 e. The number of phenolic OH excluding ortho intramolecular Hbond substituents is 1. The fourth-order valence-electron chi connectivity index (χ4n) is 2.75. The van der Waals surface area contributed by atoms with Gasteiger partial charge in [0.1, 0.15) is 30.3 Å². The fourth-order valence-corrected chi connectivity index (χ4v) is 2.75. The van der Waals surface area contributed by atoms with Crippen LogP contribution in [-0.2, 0) is 9.47 Å². The largest absolute Gasteiger partial charge is 0.507 e. The van der Waals surface area contributed by atoms with Crippen LogP contribution in [0.1, 0.15) is 5.56 Å². The van der Waals surface area contributed by atoms with Crippen LogP contribution in [0.25, 0.3) is 10.9 Å². The minimum atomic E-state index is -0.562. The van der Waals surface area contributed by atoms with Crippen molar-refractivity contribution in [3.8, 4) is 17.2 Å². The Hall–Kier alpha value is -3.17. The van der Waals surface area contributed by atoms with Crippen LogP contribution in [-0.4, -0.2) is 49.3 Å². The van der Waals surface area contributed by atoms with Gasteiger partial charge in [-0.2, -0.15) is 0 Å². The van der Waals surface area contributed by atoms with Crippen molar-refractivity contribution in [2.75, 3.05) is 33.3 Å². The molecule has 0 bridgehead atoms. The number of rotatable bonds is 8. The third-order valence-corrected chi connectivity index (χ3v) is 4.42. The van der Waals surface area contributed by atoms with Gasteiger partial charge >= 0.3 is 0 Å². The van der Waals surface area contributed by atoms with E-state index in [9.17, 15) is 9.50 Å². The zero-order chi connectivity index (χ0) is 21.0. The second-order valence-corrected chi connectivity index (χ2v) is 6.18. The lowest BCUT2D eigenvalue weighted by atomic mass is 10.1. The highest BCUT2D eigenvalue weighted by Gasteiger charge is 2.15. The lowest BCUT2D eigenvalue weighted by molar-refractivity contribution is -0.122. The van der Waals surface area contributed by atoms with Crippen LogP contribution in [0.15, 0.2) is 30.6 Å². The second-order valence-electron chi connectivity index (χ2n) is 6.18. The zero-order valence-electron chi connectivity index (χ0n) is 16.5. The molecule has 1 aromatic heterocycles. The molecule has 0 spiro atoms. The molecule has 1 heterocycles. The molecule has 0 radical (unpaired) electrons. The monoisotopic (exact) mass is 403 g/mol. The number of anilines is 2. The minimum Gasteiger partial charge on any atom is -0.507 e. The molecule has 9 heteroatoms. The first-order chi connectivity index (χ1) is 14.0. The van der Waals surface area contributed by atoms with E-state index in [-0.39, 0.29) is 12.4 Å². The smallest absolute Gasteiger partial charge is 0.191 e. The Kier molecular flexibility index (Phi) is 6.30. The average Bonchev–Trinajstić information content (AvgIpc) is 2.72. The number of aromatic nitrogens is 2. The molecule has 3 rings (SSSR count). The summed E-state index contributed by atoms with van der Waals surface area (Å²) in [5, 5.41) is 13.5. The summed E-state index contributed by atoms with van der Waals surface area (Å²) in [5.41, 5.74) is 1.48. The number of fused-ring (bicyclic) bond motifs is 1. The van der Waals surface area contributed by atoms with Crippen molar-refractivity contribution in [3.05, 3.63) is 42.0 Å². The highest BCUT2D eigenvalue weighted by Crippen LogP contribution is 2.36. The molecule has 8 nitrogen and oxygen atoms in total. The van der Waals surface area contributed by atoms with E-state index in [1.54, 1.807) is 19.1 Å². The number of ether oxygens (including phenoxy) is 4. The van der Waals surface area contributed by atoms with Crippen molar-refractivity contribution in [2.45, 2.75) is 13.2 Å². The Morgan fingerprint density at radius 2 is 1.83 bits per heavy atom. The first-order valence-electron chi connectivity index (χ1n) is 8.74. The van der Waals surface area contributed by atoms with Crippen LogP contribution in [0, 0.1) is 12.7 Å². The fraction of sp³-hybridized carbons (Fsp3) is 0.300. The first kappa shape index (κ1) is 20.6. The van der Waals surface area contributed by atoms with Crippen molar-refractivity contribution in [1.29, 1.82) is 0 Å². The number of benzene rings is 2. The van der Waals surface area contributed by atoms with Crippen LogP contribution in [0.2, 0.25) is 0 Å². The molecule has 0 atom stereocenters. The molecule has 2 aromatic carbocycles. The van der Waals surface area contributed by atoms with Gasteiger partial charge in [0.2, 0.25) is 0 Å². The van der Waals surface area contributed by atoms with Crippen molar-refractivity contribution in [2.24, 2.45) is 0 Å². The summed E-state index contributed by atoms with van der Waals surface area (Å²) in [6.45, 7) is 1.84. The van der Waals surface area contributed by atoms with Crippen LogP contribution in [0.5, 0.6) is 17.2 Å². The normalized spacial score (nSPS) is 11.1. The van der Waals surface area contributed by atoms with Gasteiger partial charge in [-0.25, -0.2) is 14.4 Å². The molecule has 154 valence electrons. The predicted octanol–water partition coefficient (Wildman–Crippen LogP) is 3.53. The van der Waals surface area contributed by atoms with Crippen molar-refractivity contribution < 1.29 is 28.4 Å². The van der Waals surface area contributed by atoms with Gasteiger partial charge in [-0.3, -0.25) is 0 Å². The SMILES string of the molecule is COc1cc2c(Nc3cc(F)cc(O)c3C)ncnc2cc1OCC(OC)OC. The van der Waals surface area contributed by atoms with E-state index in [0.29, 0.717) is 39.5 Å². The minimum absolute atomic E-state index is 0.148. The summed E-state index contributed by atoms with van der Waals surface area (Å²) < 4.78 is 35.1. The van der Waals surface area contributed by atoms with Crippen molar-refractivity contribution in [1.82, 2.24) is 9.97 Å². The Morgan fingerprint density at radius 3 is 2.52 bits per heavy atom. The zero-order valence-corrected chi connectivity index (χ0v) is 16.5. The van der Waals surface area contributed by atoms with Crippen LogP contribution in [0.3, 0.4) is 0 Å². The number of hydrogen-bond acceptors (Lipinski definition) is 8. The van der Waals surface area contributed by atoms with Crippen molar-refractivity contribution >= 4 is 22.4 Å². The lowest BCUT2D eigenvalue weighted by Crippen LogP contribution is -2.22. The molecule has 0 aliphatic carbocycles. The van der Waals surface area contributed by atoms with Gasteiger partial charge < -0.3 is 29.4 Å². The number of aromatic hydroxyl groups is 1. The number of halogens is 1. The number of hydrogen-bond donors (Lipinski definition) is 2. The van der Waals surface area contributed by atoms with E-state index >= 15 is 0 Å². The summed E-state index contributed by atoms with van der Waals surface area (Å²) in [6, 6.07) is 5.77. The predicted molar refractivity (Wildman–Crippen MR) is 105 cm³/mol. The maximum absolute atomic E-state index is 13.7. The van der Waals surface area contributed by atoms with Crippen LogP contribution in [0.4, 0.5) is 15.9 Å². The lowest BCUT2D eigenvalue weighted by Gasteiger charge is -2.17. The molecule has 2 N–H and O–H groups in total. The summed E-state index contributed by atoms with van der Waals surface area (Å²) in [7, 11) is 4.56. The van der Waals surface area contributed by atoms with E-state index in [1.165, 1.54) is 33.7 Å². The molecular formula is C20H22FN3O5. The van der Waals surface area contributed by atoms with Gasteiger partial charge in [0.05, 0.1) is 12.6 Å². The molecular weight excluding hydrogens is 381 g/mol. The molecule has 0 aliphatic rings. The van der Waals surface area contributed by atoms with Crippen LogP contribution < -0.4 is 14.8 Å². The van der Waals surface area contributed by atoms with Gasteiger partial charge in [-0.1, -0.05) is 0 Å². The van der Waals surface area contributed by atoms with E-state index in [0.717, 1.165) is 6.07 Å². The van der Waals surface area contributed by atoms with Gasteiger partial charge in [0.25, 0.3) is 0 Å². The Bertz CT molecular complexity index is 1010. The van der Waals surface area contributed by atoms with E-state index in [4.69, 9.17) is 18.9 Å². The Balaban J connectivity index is 1.98. The standard InChI is InChI=1S/C20H22FN3O5/c1-11-14(5-12(21)6-16(11)25)24-20-13-7-17(26-2)18(8-15(13)22-10-23-20)29-9-19(27-3)28-4/h5-8,10,19,25H,9H2,1-4H3,(H,22,23,24). The highest BCUT2D eigenvalue weighted by molar-refractivity contribution is 5.93. The Labute approximate surface area is 167 Å². The molecule has 3 aromatic rings. The first-order valence-corrected chi connectivity index (χ1v) is 8.74. The quantitative estimate of drug-likeness (QED) is 0.552. The maximum atomic E-state index is 13.7. The van der Waals surface area contributed by atoms with Gasteiger partial charge in [-0.05, 0) is 19.1 Å². The number of nitrogens with zero attached hydrogens (tertiary/aromatic N) is 2. The molecule has 0 saturated heterocycles. The number of nitrogens with one attached hydrogen (secondary N) is 1. The summed E-state index contributed by atoms with van der Waals surface area (Å²) in [4.78, 5) is 8.52. The van der Waals surface area contributed by atoms with Crippen molar-refractivity contribution in [3.63, 3.8) is 0 Å². The van der Waals surface area contributed by atoms with Gasteiger partial charge in [0.15, 0.2) is 17.8 Å². The third-order valence-electron chi connectivity index (χ3n) is 4.42. The van der Waals surface area contributed by atoms with E-state index < -0.39 is 12.1 Å². The third kappa shape index (κ3) is 4.47. The molecule has 29 heavy (non-hydrogen) atoms. The van der Waals surface area contributed by atoms with E-state index in [1.807, 2.05) is 0 Å². The van der Waals surface area contributed by atoms with Crippen LogP contribution >= 0.6 is 0 Å². The molecule has 0 saturated carbocycles. The van der Waals surface area contributed by atoms with Gasteiger partial charge in [-0.15, -0.1) is 0 Å². The topological polar surface area (TPSA) is 95.0 Å². The Morgan fingerprint density at radius 1 is 1.07 bits per heavy atom. The van der Waals surface area contributed by atoms with Gasteiger partial charge in [0, 0.05) is 43.0 Å². The number of methoxy groups -OCH3 is 3. The molecule has 0 fully saturated rings. The highest BCUT2D eigenvalue weighted by atomic mass is 19.1. The average molecular weight is 403 g/mol. The molecule has 0 unspecified atom stereocenters. The second kappa shape index (κ2) is 8.89. The number of phenols is 1. The summed E-state index contributed by atoms with van der Waals surface area (Å²) >= 11 is 0. The molecule has 0 aliphatic heterocycles. The van der Waals surface area contributed by atoms with E-state index in [2.05, 4.69) is 15.3 Å².